The van der Waals surface area contributed by atoms with E-state index in [2.05, 4.69) is 22.2 Å². The van der Waals surface area contributed by atoms with Crippen LogP contribution in [0.2, 0.25) is 0 Å². The zero-order valence-electron chi connectivity index (χ0n) is 10.4. The Balaban J connectivity index is 1.99. The van der Waals surface area contributed by atoms with Gasteiger partial charge in [0, 0.05) is 12.4 Å². The topological polar surface area (TPSA) is 47.0 Å². The van der Waals surface area contributed by atoms with Gasteiger partial charge in [0.15, 0.2) is 0 Å². The van der Waals surface area contributed by atoms with Gasteiger partial charge >= 0.3 is 0 Å². The molecule has 0 aliphatic heterocycles. The van der Waals surface area contributed by atoms with Gasteiger partial charge in [-0.2, -0.15) is 0 Å². The van der Waals surface area contributed by atoms with E-state index in [0.29, 0.717) is 6.61 Å². The van der Waals surface area contributed by atoms with Crippen molar-refractivity contribution in [3.8, 4) is 5.75 Å². The molecule has 4 nitrogen and oxygen atoms in total. The molecule has 2 aromatic rings. The van der Waals surface area contributed by atoms with Crippen LogP contribution in [0.25, 0.3) is 0 Å². The minimum atomic E-state index is 0.0592. The highest BCUT2D eigenvalue weighted by atomic mass is 16.5. The van der Waals surface area contributed by atoms with E-state index < -0.39 is 0 Å². The molecule has 1 aromatic heterocycles. The van der Waals surface area contributed by atoms with Crippen LogP contribution < -0.4 is 10.1 Å². The summed E-state index contributed by atoms with van der Waals surface area (Å²) in [5, 5.41) is 3.34. The first kappa shape index (κ1) is 12.5. The molecule has 1 N–H and O–H groups in total. The summed E-state index contributed by atoms with van der Waals surface area (Å²) in [7, 11) is 0. The van der Waals surface area contributed by atoms with E-state index in [-0.39, 0.29) is 6.04 Å². The van der Waals surface area contributed by atoms with Gasteiger partial charge in [0.2, 0.25) is 0 Å². The van der Waals surface area contributed by atoms with E-state index >= 15 is 0 Å². The van der Waals surface area contributed by atoms with Gasteiger partial charge in [0.05, 0.1) is 17.9 Å². The van der Waals surface area contributed by atoms with Crippen LogP contribution in [0.5, 0.6) is 5.75 Å². The van der Waals surface area contributed by atoms with Crippen molar-refractivity contribution in [2.75, 3.05) is 13.2 Å². The van der Waals surface area contributed by atoms with Crippen LogP contribution in [0.15, 0.2) is 48.9 Å². The summed E-state index contributed by atoms with van der Waals surface area (Å²) >= 11 is 0. The number of nitrogens with zero attached hydrogens (tertiary/aromatic N) is 2. The highest BCUT2D eigenvalue weighted by Crippen LogP contribution is 2.13. The van der Waals surface area contributed by atoms with Crippen LogP contribution in [0.3, 0.4) is 0 Å². The molecular formula is C14H17N3O. The Bertz CT molecular complexity index is 447. The maximum Gasteiger partial charge on any atom is 0.119 e. The van der Waals surface area contributed by atoms with Gasteiger partial charge in [0.25, 0.3) is 0 Å². The molecule has 1 aromatic carbocycles. The van der Waals surface area contributed by atoms with E-state index in [4.69, 9.17) is 4.74 Å². The summed E-state index contributed by atoms with van der Waals surface area (Å²) in [5.74, 6) is 0.865. The molecule has 0 fully saturated rings. The molecule has 0 amide bonds. The molecule has 4 heteroatoms. The molecule has 0 bridgehead atoms. The lowest BCUT2D eigenvalue weighted by atomic mass is 10.2. The van der Waals surface area contributed by atoms with Crippen LogP contribution in [-0.2, 0) is 0 Å². The lowest BCUT2D eigenvalue weighted by Crippen LogP contribution is -2.27. The number of aromatic nitrogens is 2. The fourth-order valence-corrected chi connectivity index (χ4v) is 1.68. The molecule has 1 atom stereocenters. The second kappa shape index (κ2) is 6.71. The Labute approximate surface area is 107 Å². The maximum atomic E-state index is 5.74. The Morgan fingerprint density at radius 2 is 2.06 bits per heavy atom. The smallest absolute Gasteiger partial charge is 0.119 e. The zero-order chi connectivity index (χ0) is 12.6. The quantitative estimate of drug-likeness (QED) is 0.845. The summed E-state index contributed by atoms with van der Waals surface area (Å²) < 4.78 is 5.74. The van der Waals surface area contributed by atoms with E-state index in [1.54, 1.807) is 18.6 Å². The first-order chi connectivity index (χ1) is 8.90. The van der Waals surface area contributed by atoms with Gasteiger partial charge in [-0.25, -0.2) is 0 Å². The van der Waals surface area contributed by atoms with Gasteiger partial charge in [-0.15, -0.1) is 0 Å². The summed E-state index contributed by atoms with van der Waals surface area (Å²) in [5.41, 5.74) is 0.898. The highest BCUT2D eigenvalue weighted by Gasteiger charge is 2.12. The molecule has 2 rings (SSSR count). The number of ether oxygens (including phenoxy) is 1. The SMILES string of the molecule is CCNC(COc1ccccc1)c1cnccn1. The molecular weight excluding hydrogens is 226 g/mol. The minimum absolute atomic E-state index is 0.0592. The highest BCUT2D eigenvalue weighted by molar-refractivity contribution is 5.21. The van der Waals surface area contributed by atoms with E-state index in [1.165, 1.54) is 0 Å². The first-order valence-corrected chi connectivity index (χ1v) is 6.07. The number of hydrogen-bond donors (Lipinski definition) is 1. The summed E-state index contributed by atoms with van der Waals surface area (Å²) in [6.07, 6.45) is 5.13. The lowest BCUT2D eigenvalue weighted by Gasteiger charge is -2.17. The number of likely N-dealkylation sites (N-methyl/N-ethyl adjacent to an activating group) is 1. The van der Waals surface area contributed by atoms with Crippen LogP contribution in [0.4, 0.5) is 0 Å². The number of hydrogen-bond acceptors (Lipinski definition) is 4. The van der Waals surface area contributed by atoms with Crippen molar-refractivity contribution in [3.05, 3.63) is 54.6 Å². The maximum absolute atomic E-state index is 5.74. The zero-order valence-corrected chi connectivity index (χ0v) is 10.4. The Kier molecular flexibility index (Phi) is 4.67. The second-order valence-electron chi connectivity index (χ2n) is 3.86. The number of benzene rings is 1. The summed E-state index contributed by atoms with van der Waals surface area (Å²) in [4.78, 5) is 8.39. The van der Waals surface area contributed by atoms with Crippen molar-refractivity contribution in [1.29, 1.82) is 0 Å². The average Bonchev–Trinajstić information content (AvgIpc) is 2.45. The fourth-order valence-electron chi connectivity index (χ4n) is 1.68. The van der Waals surface area contributed by atoms with Gasteiger partial charge in [0.1, 0.15) is 12.4 Å². The predicted octanol–water partition coefficient (Wildman–Crippen LogP) is 2.21. The predicted molar refractivity (Wildman–Crippen MR) is 70.4 cm³/mol. The summed E-state index contributed by atoms with van der Waals surface area (Å²) in [6.45, 7) is 3.46. The van der Waals surface area contributed by atoms with Crippen LogP contribution in [0, 0.1) is 0 Å². The standard InChI is InChI=1S/C14H17N3O/c1-2-16-14(13-10-15-8-9-17-13)11-18-12-6-4-3-5-7-12/h3-10,14,16H,2,11H2,1H3. The fraction of sp³-hybridized carbons (Fsp3) is 0.286. The average molecular weight is 243 g/mol. The molecule has 18 heavy (non-hydrogen) atoms. The number of para-hydroxylation sites is 1. The third-order valence-electron chi connectivity index (χ3n) is 2.55. The Morgan fingerprint density at radius 1 is 1.22 bits per heavy atom. The van der Waals surface area contributed by atoms with E-state index in [1.807, 2.05) is 30.3 Å². The third-order valence-corrected chi connectivity index (χ3v) is 2.55. The van der Waals surface area contributed by atoms with Gasteiger partial charge < -0.3 is 10.1 Å². The molecule has 0 aliphatic rings. The van der Waals surface area contributed by atoms with Gasteiger partial charge in [-0.05, 0) is 18.7 Å². The number of nitrogens with one attached hydrogen (secondary N) is 1. The number of rotatable bonds is 6. The largest absolute Gasteiger partial charge is 0.492 e. The van der Waals surface area contributed by atoms with E-state index in [0.717, 1.165) is 18.0 Å². The van der Waals surface area contributed by atoms with Gasteiger partial charge in [-0.1, -0.05) is 25.1 Å². The molecule has 94 valence electrons. The molecule has 0 saturated carbocycles. The molecule has 0 aliphatic carbocycles. The monoisotopic (exact) mass is 243 g/mol. The second-order valence-corrected chi connectivity index (χ2v) is 3.86. The van der Waals surface area contributed by atoms with Crippen LogP contribution in [-0.4, -0.2) is 23.1 Å². The van der Waals surface area contributed by atoms with Crippen molar-refractivity contribution in [2.45, 2.75) is 13.0 Å². The molecule has 1 unspecified atom stereocenters. The van der Waals surface area contributed by atoms with Crippen LogP contribution in [0.1, 0.15) is 18.7 Å². The van der Waals surface area contributed by atoms with Gasteiger partial charge in [-0.3, -0.25) is 9.97 Å². The third kappa shape index (κ3) is 3.53. The molecule has 1 heterocycles. The molecule has 0 spiro atoms. The first-order valence-electron chi connectivity index (χ1n) is 6.07. The van der Waals surface area contributed by atoms with Crippen molar-refractivity contribution >= 4 is 0 Å². The Morgan fingerprint density at radius 3 is 2.72 bits per heavy atom. The van der Waals surface area contributed by atoms with Crippen molar-refractivity contribution in [3.63, 3.8) is 0 Å². The van der Waals surface area contributed by atoms with Crippen molar-refractivity contribution in [2.24, 2.45) is 0 Å². The van der Waals surface area contributed by atoms with Crippen molar-refractivity contribution < 1.29 is 4.74 Å². The summed E-state index contributed by atoms with van der Waals surface area (Å²) in [6, 6.07) is 9.83. The molecule has 0 saturated heterocycles. The van der Waals surface area contributed by atoms with E-state index in [9.17, 15) is 0 Å². The minimum Gasteiger partial charge on any atom is -0.492 e. The molecule has 0 radical (unpaired) electrons. The van der Waals surface area contributed by atoms with Crippen molar-refractivity contribution in [1.82, 2.24) is 15.3 Å². The Hall–Kier alpha value is -1.94. The lowest BCUT2D eigenvalue weighted by molar-refractivity contribution is 0.265. The van der Waals surface area contributed by atoms with Crippen LogP contribution >= 0.6 is 0 Å². The normalized spacial score (nSPS) is 12.1.